The first kappa shape index (κ1) is 17.2. The Morgan fingerprint density at radius 2 is 1.90 bits per heavy atom. The summed E-state index contributed by atoms with van der Waals surface area (Å²) in [7, 11) is 0. The summed E-state index contributed by atoms with van der Waals surface area (Å²) < 4.78 is 0. The molecule has 0 saturated carbocycles. The van der Waals surface area contributed by atoms with Crippen molar-refractivity contribution >= 4 is 11.9 Å². The van der Waals surface area contributed by atoms with Gasteiger partial charge in [-0.05, 0) is 55.9 Å². The van der Waals surface area contributed by atoms with E-state index in [0.29, 0.717) is 24.4 Å². The van der Waals surface area contributed by atoms with E-state index in [4.69, 9.17) is 5.11 Å². The summed E-state index contributed by atoms with van der Waals surface area (Å²) in [6.45, 7) is 6.65. The predicted octanol–water partition coefficient (Wildman–Crippen LogP) is 3.31. The molecule has 0 aliphatic heterocycles. The van der Waals surface area contributed by atoms with Crippen LogP contribution in [-0.2, 0) is 4.79 Å². The normalized spacial score (nSPS) is 12.0. The van der Waals surface area contributed by atoms with Crippen molar-refractivity contribution in [3.8, 4) is 0 Å². The van der Waals surface area contributed by atoms with Gasteiger partial charge in [-0.3, -0.25) is 9.59 Å². The summed E-state index contributed by atoms with van der Waals surface area (Å²) in [5, 5.41) is 11.6. The number of amides is 1. The second-order valence-corrected chi connectivity index (χ2v) is 5.55. The van der Waals surface area contributed by atoms with Crippen molar-refractivity contribution in [2.24, 2.45) is 5.92 Å². The van der Waals surface area contributed by atoms with Crippen molar-refractivity contribution < 1.29 is 14.7 Å². The van der Waals surface area contributed by atoms with E-state index in [0.717, 1.165) is 18.4 Å². The van der Waals surface area contributed by atoms with E-state index in [-0.39, 0.29) is 12.3 Å². The molecule has 4 nitrogen and oxygen atoms in total. The van der Waals surface area contributed by atoms with Gasteiger partial charge in [0.1, 0.15) is 0 Å². The molecule has 0 spiro atoms. The lowest BCUT2D eigenvalue weighted by atomic mass is 9.96. The van der Waals surface area contributed by atoms with E-state index >= 15 is 0 Å². The van der Waals surface area contributed by atoms with Gasteiger partial charge in [0, 0.05) is 18.5 Å². The van der Waals surface area contributed by atoms with E-state index in [1.165, 1.54) is 5.56 Å². The van der Waals surface area contributed by atoms with Crippen molar-refractivity contribution in [3.63, 3.8) is 0 Å². The van der Waals surface area contributed by atoms with Crippen molar-refractivity contribution in [2.45, 2.75) is 46.5 Å². The molecule has 1 rings (SSSR count). The van der Waals surface area contributed by atoms with Crippen LogP contribution >= 0.6 is 0 Å². The number of hydrogen-bond acceptors (Lipinski definition) is 2. The molecule has 1 unspecified atom stereocenters. The largest absolute Gasteiger partial charge is 0.481 e. The Morgan fingerprint density at radius 3 is 2.48 bits per heavy atom. The molecule has 0 fully saturated rings. The molecule has 1 amide bonds. The third-order valence-electron chi connectivity index (χ3n) is 3.95. The molecule has 0 bridgehead atoms. The van der Waals surface area contributed by atoms with Crippen molar-refractivity contribution in [1.82, 2.24) is 5.32 Å². The van der Waals surface area contributed by atoms with E-state index in [1.807, 2.05) is 32.0 Å². The second kappa shape index (κ2) is 8.45. The minimum Gasteiger partial charge on any atom is -0.481 e. The van der Waals surface area contributed by atoms with Crippen molar-refractivity contribution in [3.05, 3.63) is 34.9 Å². The lowest BCUT2D eigenvalue weighted by Gasteiger charge is -2.14. The van der Waals surface area contributed by atoms with Gasteiger partial charge in [0.25, 0.3) is 5.91 Å². The van der Waals surface area contributed by atoms with Gasteiger partial charge in [-0.1, -0.05) is 19.4 Å². The Labute approximate surface area is 126 Å². The number of nitrogens with one attached hydrogen (secondary N) is 1. The summed E-state index contributed by atoms with van der Waals surface area (Å²) in [4.78, 5) is 22.6. The zero-order valence-electron chi connectivity index (χ0n) is 13.1. The van der Waals surface area contributed by atoms with Crippen LogP contribution < -0.4 is 5.32 Å². The maximum atomic E-state index is 12.0. The fraction of sp³-hybridized carbons (Fsp3) is 0.529. The number of carboxylic acid groups (broad SMARTS) is 1. The molecule has 1 atom stereocenters. The first-order valence-electron chi connectivity index (χ1n) is 7.51. The summed E-state index contributed by atoms with van der Waals surface area (Å²) in [6, 6.07) is 5.68. The molecule has 0 aliphatic rings. The van der Waals surface area contributed by atoms with Crippen LogP contribution in [0.1, 0.15) is 54.1 Å². The van der Waals surface area contributed by atoms with E-state index in [1.54, 1.807) is 0 Å². The molecule has 21 heavy (non-hydrogen) atoms. The van der Waals surface area contributed by atoms with Crippen LogP contribution in [-0.4, -0.2) is 23.5 Å². The Bertz CT molecular complexity index is 497. The highest BCUT2D eigenvalue weighted by atomic mass is 16.4. The van der Waals surface area contributed by atoms with Gasteiger partial charge in [0.2, 0.25) is 0 Å². The Balaban J connectivity index is 2.41. The molecule has 1 aromatic rings. The lowest BCUT2D eigenvalue weighted by Crippen LogP contribution is -2.26. The topological polar surface area (TPSA) is 66.4 Å². The van der Waals surface area contributed by atoms with Crippen LogP contribution in [0.3, 0.4) is 0 Å². The third kappa shape index (κ3) is 5.98. The molecule has 0 aromatic heterocycles. The number of aryl methyl sites for hydroxylation is 2. The second-order valence-electron chi connectivity index (χ2n) is 5.55. The fourth-order valence-electron chi connectivity index (χ4n) is 2.25. The average molecular weight is 291 g/mol. The Morgan fingerprint density at radius 1 is 1.19 bits per heavy atom. The molecule has 0 aliphatic carbocycles. The quantitative estimate of drug-likeness (QED) is 0.772. The van der Waals surface area contributed by atoms with E-state index < -0.39 is 5.97 Å². The van der Waals surface area contributed by atoms with Gasteiger partial charge in [0.05, 0.1) is 0 Å². The number of benzene rings is 1. The van der Waals surface area contributed by atoms with Crippen molar-refractivity contribution in [2.75, 3.05) is 6.54 Å². The van der Waals surface area contributed by atoms with Gasteiger partial charge in [0.15, 0.2) is 0 Å². The molecular formula is C17H25NO3. The number of carbonyl (C=O) groups excluding carboxylic acids is 1. The predicted molar refractivity (Wildman–Crippen MR) is 83.5 cm³/mol. The van der Waals surface area contributed by atoms with Gasteiger partial charge in [-0.15, -0.1) is 0 Å². The smallest absolute Gasteiger partial charge is 0.303 e. The van der Waals surface area contributed by atoms with Gasteiger partial charge in [-0.25, -0.2) is 0 Å². The highest BCUT2D eigenvalue weighted by Gasteiger charge is 2.11. The molecule has 2 N–H and O–H groups in total. The summed E-state index contributed by atoms with van der Waals surface area (Å²) in [5.41, 5.74) is 2.96. The number of carboxylic acids is 1. The van der Waals surface area contributed by atoms with Crippen LogP contribution in [0.25, 0.3) is 0 Å². The van der Waals surface area contributed by atoms with Crippen LogP contribution in [0.4, 0.5) is 0 Å². The SMILES string of the molecule is CCC(CCNC(=O)c1ccc(C)c(C)c1)CCC(=O)O. The van der Waals surface area contributed by atoms with Crippen LogP contribution in [0.2, 0.25) is 0 Å². The molecule has 1 aromatic carbocycles. The minimum atomic E-state index is -0.757. The van der Waals surface area contributed by atoms with Gasteiger partial charge >= 0.3 is 5.97 Å². The maximum Gasteiger partial charge on any atom is 0.303 e. The fourth-order valence-corrected chi connectivity index (χ4v) is 2.25. The Kier molecular flexibility index (Phi) is 6.92. The minimum absolute atomic E-state index is 0.0637. The van der Waals surface area contributed by atoms with E-state index in [9.17, 15) is 9.59 Å². The summed E-state index contributed by atoms with van der Waals surface area (Å²) in [6.07, 6.45) is 2.63. The first-order chi connectivity index (χ1) is 9.93. The Hall–Kier alpha value is -1.84. The third-order valence-corrected chi connectivity index (χ3v) is 3.95. The number of rotatable bonds is 8. The van der Waals surface area contributed by atoms with E-state index in [2.05, 4.69) is 12.2 Å². The number of carbonyl (C=O) groups is 2. The van der Waals surface area contributed by atoms with Crippen LogP contribution in [0.5, 0.6) is 0 Å². The van der Waals surface area contributed by atoms with Crippen molar-refractivity contribution in [1.29, 1.82) is 0 Å². The standard InChI is InChI=1S/C17H25NO3/c1-4-14(6-8-16(19)20)9-10-18-17(21)15-7-5-12(2)13(3)11-15/h5,7,11,14H,4,6,8-10H2,1-3H3,(H,18,21)(H,19,20). The molecule has 4 heteroatoms. The average Bonchev–Trinajstić information content (AvgIpc) is 2.45. The molecule has 116 valence electrons. The molecular weight excluding hydrogens is 266 g/mol. The zero-order valence-corrected chi connectivity index (χ0v) is 13.1. The molecule has 0 radical (unpaired) electrons. The molecule has 0 heterocycles. The monoisotopic (exact) mass is 291 g/mol. The zero-order chi connectivity index (χ0) is 15.8. The first-order valence-corrected chi connectivity index (χ1v) is 7.51. The highest BCUT2D eigenvalue weighted by Crippen LogP contribution is 2.15. The van der Waals surface area contributed by atoms with Crippen LogP contribution in [0, 0.1) is 19.8 Å². The van der Waals surface area contributed by atoms with Crippen LogP contribution in [0.15, 0.2) is 18.2 Å². The van der Waals surface area contributed by atoms with Gasteiger partial charge in [-0.2, -0.15) is 0 Å². The maximum absolute atomic E-state index is 12.0. The van der Waals surface area contributed by atoms with Gasteiger partial charge < -0.3 is 10.4 Å². The lowest BCUT2D eigenvalue weighted by molar-refractivity contribution is -0.137. The number of hydrogen-bond donors (Lipinski definition) is 2. The summed E-state index contributed by atoms with van der Waals surface area (Å²) in [5.74, 6) is -0.472. The highest BCUT2D eigenvalue weighted by molar-refractivity contribution is 5.94. The molecule has 0 saturated heterocycles. The number of aliphatic carboxylic acids is 1. The summed E-state index contributed by atoms with van der Waals surface area (Å²) >= 11 is 0.